The molecule has 0 rings (SSSR count). The van der Waals surface area contributed by atoms with E-state index in [-0.39, 0.29) is 38.9 Å². The van der Waals surface area contributed by atoms with Gasteiger partial charge in [-0.15, -0.1) is 0 Å². The highest BCUT2D eigenvalue weighted by molar-refractivity contribution is 7.47. The van der Waals surface area contributed by atoms with Crippen molar-refractivity contribution >= 4 is 23.5 Å². The molecule has 0 fully saturated rings. The molecule has 0 aliphatic rings. The van der Waals surface area contributed by atoms with E-state index in [1.54, 1.807) is 41.5 Å². The minimum atomic E-state index is -4.84. The van der Waals surface area contributed by atoms with Crippen molar-refractivity contribution in [2.75, 3.05) is 26.4 Å². The summed E-state index contributed by atoms with van der Waals surface area (Å²) in [6, 6.07) is 0. The fourth-order valence-corrected chi connectivity index (χ4v) is 6.86. The summed E-state index contributed by atoms with van der Waals surface area (Å²) in [6.45, 7) is 11.7. The van der Waals surface area contributed by atoms with Gasteiger partial charge in [-0.25, -0.2) is 13.7 Å². The predicted molar refractivity (Wildman–Crippen MR) is 154 cm³/mol. The maximum absolute atomic E-state index is 12.9. The maximum atomic E-state index is 12.9. The summed E-state index contributed by atoms with van der Waals surface area (Å²) >= 11 is 0. The summed E-state index contributed by atoms with van der Waals surface area (Å²) in [5, 5.41) is 9.54. The largest absolute Gasteiger partial charge is 0.472 e. The highest BCUT2D eigenvalue weighted by atomic mass is 31.2. The number of aliphatic hydroxyl groups is 1. The lowest BCUT2D eigenvalue weighted by Gasteiger charge is -2.40. The van der Waals surface area contributed by atoms with Crippen molar-refractivity contribution in [1.29, 1.82) is 0 Å². The summed E-state index contributed by atoms with van der Waals surface area (Å²) in [5.41, 5.74) is 7.85. The van der Waals surface area contributed by atoms with Crippen molar-refractivity contribution in [3.05, 3.63) is 0 Å². The van der Waals surface area contributed by atoms with Crippen LogP contribution in [0.3, 0.4) is 0 Å². The molecule has 9 N–H and O–H groups in total. The van der Waals surface area contributed by atoms with E-state index in [9.17, 15) is 28.6 Å². The van der Waals surface area contributed by atoms with E-state index in [0.29, 0.717) is 6.42 Å². The van der Waals surface area contributed by atoms with E-state index >= 15 is 0 Å². The highest BCUT2D eigenvalue weighted by Crippen LogP contribution is 2.53. The Morgan fingerprint density at radius 1 is 0.732 bits per heavy atom. The van der Waals surface area contributed by atoms with Gasteiger partial charge in [0.25, 0.3) is 0 Å². The van der Waals surface area contributed by atoms with Crippen molar-refractivity contribution in [1.82, 2.24) is 0 Å². The minimum Gasteiger partial charge on any atom is -0.396 e. The van der Waals surface area contributed by atoms with E-state index in [2.05, 4.69) is 4.52 Å². The van der Waals surface area contributed by atoms with E-state index in [1.165, 1.54) is 13.8 Å². The number of hydrogen-bond donors (Lipinski definition) is 7. The SMILES string of the molecule is CCC(C)(CCOP(=O)(O)OC(C)(CC)C(COP(=O)(O)O)CC(C)(C)N)OP(=O)(O)OCC(CO)CC(C)(C)N. The third-order valence-corrected chi connectivity index (χ3v) is 9.41. The number of phosphoric acid groups is 3. The first kappa shape index (κ1) is 41.2. The van der Waals surface area contributed by atoms with Gasteiger partial charge in [0.05, 0.1) is 31.0 Å². The van der Waals surface area contributed by atoms with Crippen LogP contribution in [0.2, 0.25) is 0 Å². The third-order valence-electron chi connectivity index (χ3n) is 6.62. The van der Waals surface area contributed by atoms with E-state index in [1.807, 2.05) is 0 Å². The number of aliphatic hydroxyl groups excluding tert-OH is 1. The normalized spacial score (nSPS) is 20.9. The highest BCUT2D eigenvalue weighted by Gasteiger charge is 2.44. The predicted octanol–water partition coefficient (Wildman–Crippen LogP) is 3.57. The van der Waals surface area contributed by atoms with Gasteiger partial charge in [-0.05, 0) is 67.2 Å². The first-order valence-corrected chi connectivity index (χ1v) is 18.0. The fourth-order valence-electron chi connectivity index (χ4n) is 4.08. The van der Waals surface area contributed by atoms with Crippen LogP contribution in [0.1, 0.15) is 87.5 Å². The zero-order chi connectivity index (χ0) is 32.6. The van der Waals surface area contributed by atoms with Crippen LogP contribution in [0.25, 0.3) is 0 Å². The fraction of sp³-hybridized carbons (Fsp3) is 1.00. The molecule has 0 saturated heterocycles. The van der Waals surface area contributed by atoms with Crippen molar-refractivity contribution in [2.24, 2.45) is 23.3 Å². The molecule has 41 heavy (non-hydrogen) atoms. The van der Waals surface area contributed by atoms with Crippen LogP contribution in [0.4, 0.5) is 0 Å². The lowest BCUT2D eigenvalue weighted by molar-refractivity contribution is -0.0429. The van der Waals surface area contributed by atoms with Gasteiger partial charge in [0.15, 0.2) is 0 Å². The average Bonchev–Trinajstić information content (AvgIpc) is 2.76. The van der Waals surface area contributed by atoms with E-state index in [4.69, 9.17) is 39.3 Å². The van der Waals surface area contributed by atoms with Crippen molar-refractivity contribution in [3.8, 4) is 0 Å². The lowest BCUT2D eigenvalue weighted by Crippen LogP contribution is -2.45. The van der Waals surface area contributed by atoms with Gasteiger partial charge in [0, 0.05) is 35.9 Å². The molecule has 0 aromatic carbocycles. The van der Waals surface area contributed by atoms with Gasteiger partial charge in [0.1, 0.15) is 0 Å². The Balaban J connectivity index is 5.41. The van der Waals surface area contributed by atoms with Crippen LogP contribution in [-0.4, -0.2) is 73.4 Å². The Bertz CT molecular complexity index is 937. The molecular weight excluding hydrogens is 605 g/mol. The van der Waals surface area contributed by atoms with Crippen LogP contribution in [0.15, 0.2) is 0 Å². The number of nitrogens with two attached hydrogens (primary N) is 2. The average molecular weight is 659 g/mol. The molecule has 0 saturated carbocycles. The minimum absolute atomic E-state index is 0.103. The summed E-state index contributed by atoms with van der Waals surface area (Å²) in [6.07, 6.45) is 0.710. The van der Waals surface area contributed by atoms with Gasteiger partial charge in [-0.3, -0.25) is 22.6 Å². The molecular formula is C23H53N2O13P3. The monoisotopic (exact) mass is 658 g/mol. The molecule has 0 amide bonds. The van der Waals surface area contributed by atoms with Crippen LogP contribution >= 0.6 is 23.5 Å². The molecule has 0 spiro atoms. The summed E-state index contributed by atoms with van der Waals surface area (Å²) in [4.78, 5) is 39.1. The van der Waals surface area contributed by atoms with Crippen LogP contribution in [-0.2, 0) is 36.3 Å². The van der Waals surface area contributed by atoms with E-state index < -0.39 is 70.8 Å². The molecule has 6 atom stereocenters. The number of hydrogen-bond acceptors (Lipinski definition) is 11. The number of phosphoric ester groups is 3. The second-order valence-electron chi connectivity index (χ2n) is 12.4. The Kier molecular flexibility index (Phi) is 16.1. The molecule has 18 heteroatoms. The van der Waals surface area contributed by atoms with Gasteiger partial charge in [0.2, 0.25) is 0 Å². The quantitative estimate of drug-likeness (QED) is 0.0821. The molecule has 0 aromatic rings. The lowest BCUT2D eigenvalue weighted by atomic mass is 9.79. The Hall–Kier alpha value is 0.210. The second kappa shape index (κ2) is 16.0. The smallest absolute Gasteiger partial charge is 0.396 e. The zero-order valence-electron chi connectivity index (χ0n) is 25.5. The van der Waals surface area contributed by atoms with Gasteiger partial charge >= 0.3 is 23.5 Å². The van der Waals surface area contributed by atoms with Crippen molar-refractivity contribution in [2.45, 2.75) is 110 Å². The number of rotatable bonds is 22. The Labute approximate surface area is 244 Å². The molecule has 0 aliphatic carbocycles. The maximum Gasteiger partial charge on any atom is 0.472 e. The van der Waals surface area contributed by atoms with Crippen LogP contribution < -0.4 is 11.5 Å². The zero-order valence-corrected chi connectivity index (χ0v) is 28.2. The van der Waals surface area contributed by atoms with Gasteiger partial charge in [-0.2, -0.15) is 0 Å². The third kappa shape index (κ3) is 18.6. The van der Waals surface area contributed by atoms with Crippen LogP contribution in [0, 0.1) is 11.8 Å². The van der Waals surface area contributed by atoms with Gasteiger partial charge < -0.3 is 36.1 Å². The topological polar surface area (TPSA) is 251 Å². The standard InChI is InChI=1S/C23H53N2O13P3/c1-9-22(7,37-41(32,33)36-16-18(15-26)13-20(3,4)24)11-12-34-40(30,31)38-23(8,10-2)19(14-21(5,6)25)17-35-39(27,28)29/h18-19,26H,9-17,24-25H2,1-8H3,(H,30,31)(H,32,33)(H2,27,28,29). The Morgan fingerprint density at radius 3 is 1.66 bits per heavy atom. The first-order chi connectivity index (χ1) is 18.2. The molecule has 0 bridgehead atoms. The van der Waals surface area contributed by atoms with Crippen molar-refractivity contribution < 1.29 is 61.0 Å². The summed E-state index contributed by atoms with van der Waals surface area (Å²) < 4.78 is 62.7. The molecule has 0 aliphatic heterocycles. The van der Waals surface area contributed by atoms with Gasteiger partial charge in [-0.1, -0.05) is 13.8 Å². The molecule has 15 nitrogen and oxygen atoms in total. The summed E-state index contributed by atoms with van der Waals surface area (Å²) in [5.74, 6) is -1.31. The van der Waals surface area contributed by atoms with E-state index in [0.717, 1.165) is 0 Å². The van der Waals surface area contributed by atoms with Crippen LogP contribution in [0.5, 0.6) is 0 Å². The molecule has 6 unspecified atom stereocenters. The molecule has 0 aromatic heterocycles. The first-order valence-electron chi connectivity index (χ1n) is 13.4. The summed E-state index contributed by atoms with van der Waals surface area (Å²) in [7, 11) is -14.2. The molecule has 0 radical (unpaired) electrons. The molecule has 248 valence electrons. The second-order valence-corrected chi connectivity index (χ2v) is 16.4. The Morgan fingerprint density at radius 2 is 1.24 bits per heavy atom. The molecule has 0 heterocycles. The van der Waals surface area contributed by atoms with Crippen molar-refractivity contribution in [3.63, 3.8) is 0 Å².